The van der Waals surface area contributed by atoms with Gasteiger partial charge in [0.05, 0.1) is 11.9 Å². The number of hydrogen-bond donors (Lipinski definition) is 1. The smallest absolute Gasteiger partial charge is 0.272 e. The van der Waals surface area contributed by atoms with Crippen molar-refractivity contribution in [3.63, 3.8) is 0 Å². The highest BCUT2D eigenvalue weighted by Gasteiger charge is 2.20. The first-order chi connectivity index (χ1) is 9.70. The third-order valence-electron chi connectivity index (χ3n) is 3.92. The van der Waals surface area contributed by atoms with E-state index in [2.05, 4.69) is 17.2 Å². The summed E-state index contributed by atoms with van der Waals surface area (Å²) in [5.74, 6) is 0.702. The molecule has 0 atom stereocenters. The Hall–Kier alpha value is -1.58. The summed E-state index contributed by atoms with van der Waals surface area (Å²) >= 11 is 0. The van der Waals surface area contributed by atoms with Crippen LogP contribution in [0, 0.1) is 5.92 Å². The third kappa shape index (κ3) is 3.95. The molecule has 0 aliphatic heterocycles. The first-order valence-corrected chi connectivity index (χ1v) is 7.66. The minimum Gasteiger partial charge on any atom is -0.384 e. The van der Waals surface area contributed by atoms with Crippen molar-refractivity contribution < 1.29 is 4.79 Å². The molecule has 0 radical (unpaired) electrons. The number of anilines is 1. The van der Waals surface area contributed by atoms with Crippen LogP contribution in [0.15, 0.2) is 18.3 Å². The number of pyridine rings is 1. The van der Waals surface area contributed by atoms with Gasteiger partial charge < -0.3 is 10.2 Å². The Labute approximate surface area is 121 Å². The molecule has 2 rings (SSSR count). The monoisotopic (exact) mass is 275 g/mol. The highest BCUT2D eigenvalue weighted by atomic mass is 16.2. The Bertz CT molecular complexity index is 424. The Morgan fingerprint density at radius 3 is 2.75 bits per heavy atom. The standard InChI is InChI=1S/C16H25N3O/c1-3-10-17-14-8-9-15(18-11-14)16(20)19(2)12-13-6-4-5-7-13/h8-9,11,13,17H,3-7,10,12H2,1-2H3. The maximum absolute atomic E-state index is 12.3. The normalized spacial score (nSPS) is 15.3. The van der Waals surface area contributed by atoms with E-state index in [1.54, 1.807) is 6.20 Å². The summed E-state index contributed by atoms with van der Waals surface area (Å²) in [6, 6.07) is 3.74. The second-order valence-electron chi connectivity index (χ2n) is 5.70. The van der Waals surface area contributed by atoms with Crippen LogP contribution >= 0.6 is 0 Å². The quantitative estimate of drug-likeness (QED) is 0.867. The van der Waals surface area contributed by atoms with Crippen LogP contribution in [0.1, 0.15) is 49.5 Å². The number of carbonyl (C=O) groups is 1. The first kappa shape index (κ1) is 14.8. The van der Waals surface area contributed by atoms with Crippen LogP contribution in [-0.2, 0) is 0 Å². The van der Waals surface area contributed by atoms with Crippen LogP contribution in [0.25, 0.3) is 0 Å². The van der Waals surface area contributed by atoms with Gasteiger partial charge in [0.1, 0.15) is 5.69 Å². The maximum atomic E-state index is 12.3. The molecule has 4 nitrogen and oxygen atoms in total. The van der Waals surface area contributed by atoms with Gasteiger partial charge in [0.2, 0.25) is 0 Å². The number of nitrogens with zero attached hydrogens (tertiary/aromatic N) is 2. The summed E-state index contributed by atoms with van der Waals surface area (Å²) in [4.78, 5) is 18.4. The molecule has 20 heavy (non-hydrogen) atoms. The average Bonchev–Trinajstić information content (AvgIpc) is 2.97. The van der Waals surface area contributed by atoms with Crippen LogP contribution in [0.5, 0.6) is 0 Å². The fourth-order valence-corrected chi connectivity index (χ4v) is 2.75. The number of carbonyl (C=O) groups excluding carboxylic acids is 1. The van der Waals surface area contributed by atoms with E-state index in [0.717, 1.165) is 25.2 Å². The van der Waals surface area contributed by atoms with E-state index in [1.165, 1.54) is 25.7 Å². The predicted molar refractivity (Wildman–Crippen MR) is 81.9 cm³/mol. The van der Waals surface area contributed by atoms with Crippen molar-refractivity contribution in [3.8, 4) is 0 Å². The van der Waals surface area contributed by atoms with Crippen molar-refractivity contribution in [2.75, 3.05) is 25.5 Å². The lowest BCUT2D eigenvalue weighted by Crippen LogP contribution is -2.31. The summed E-state index contributed by atoms with van der Waals surface area (Å²) in [6.45, 7) is 3.91. The lowest BCUT2D eigenvalue weighted by molar-refractivity contribution is 0.0767. The van der Waals surface area contributed by atoms with E-state index < -0.39 is 0 Å². The zero-order chi connectivity index (χ0) is 14.4. The first-order valence-electron chi connectivity index (χ1n) is 7.66. The van der Waals surface area contributed by atoms with E-state index >= 15 is 0 Å². The molecule has 1 aromatic heterocycles. The lowest BCUT2D eigenvalue weighted by Gasteiger charge is -2.20. The Kier molecular flexibility index (Phi) is 5.39. The molecule has 0 unspecified atom stereocenters. The molecule has 1 heterocycles. The second-order valence-corrected chi connectivity index (χ2v) is 5.70. The van der Waals surface area contributed by atoms with Crippen LogP contribution in [0.4, 0.5) is 5.69 Å². The van der Waals surface area contributed by atoms with Crippen LogP contribution in [0.3, 0.4) is 0 Å². The Balaban J connectivity index is 1.90. The van der Waals surface area contributed by atoms with E-state index in [0.29, 0.717) is 11.6 Å². The van der Waals surface area contributed by atoms with Gasteiger partial charge in [-0.25, -0.2) is 4.98 Å². The summed E-state index contributed by atoms with van der Waals surface area (Å²) in [6.07, 6.45) is 7.94. The van der Waals surface area contributed by atoms with Crippen molar-refractivity contribution in [1.82, 2.24) is 9.88 Å². The highest BCUT2D eigenvalue weighted by Crippen LogP contribution is 2.25. The number of hydrogen-bond acceptors (Lipinski definition) is 3. The lowest BCUT2D eigenvalue weighted by atomic mass is 10.1. The molecule has 1 aliphatic rings. The molecule has 1 saturated carbocycles. The van der Waals surface area contributed by atoms with Crippen LogP contribution < -0.4 is 5.32 Å². The van der Waals surface area contributed by atoms with Crippen LogP contribution in [-0.4, -0.2) is 35.9 Å². The van der Waals surface area contributed by atoms with Crippen molar-refractivity contribution in [2.24, 2.45) is 5.92 Å². The van der Waals surface area contributed by atoms with Crippen molar-refractivity contribution in [1.29, 1.82) is 0 Å². The Morgan fingerprint density at radius 2 is 2.15 bits per heavy atom. The Morgan fingerprint density at radius 1 is 1.40 bits per heavy atom. The van der Waals surface area contributed by atoms with Gasteiger partial charge in [-0.2, -0.15) is 0 Å². The van der Waals surface area contributed by atoms with Crippen molar-refractivity contribution in [2.45, 2.75) is 39.0 Å². The number of amides is 1. The van der Waals surface area contributed by atoms with Gasteiger partial charge in [-0.1, -0.05) is 19.8 Å². The van der Waals surface area contributed by atoms with Gasteiger partial charge in [-0.15, -0.1) is 0 Å². The third-order valence-corrected chi connectivity index (χ3v) is 3.92. The molecular weight excluding hydrogens is 250 g/mol. The van der Waals surface area contributed by atoms with Crippen molar-refractivity contribution in [3.05, 3.63) is 24.0 Å². The summed E-state index contributed by atoms with van der Waals surface area (Å²) < 4.78 is 0. The van der Waals surface area contributed by atoms with Gasteiger partial charge in [0.15, 0.2) is 0 Å². The molecule has 1 aromatic rings. The molecule has 4 heteroatoms. The molecule has 1 aliphatic carbocycles. The number of nitrogens with one attached hydrogen (secondary N) is 1. The minimum absolute atomic E-state index is 0.0268. The molecule has 1 N–H and O–H groups in total. The molecule has 0 saturated heterocycles. The van der Waals surface area contributed by atoms with Crippen LogP contribution in [0.2, 0.25) is 0 Å². The van der Waals surface area contributed by atoms with E-state index in [4.69, 9.17) is 0 Å². The molecule has 0 spiro atoms. The number of rotatable bonds is 6. The zero-order valence-electron chi connectivity index (χ0n) is 12.6. The molecule has 1 fully saturated rings. The van der Waals surface area contributed by atoms with E-state index in [1.807, 2.05) is 24.1 Å². The molecular formula is C16H25N3O. The minimum atomic E-state index is 0.0268. The molecule has 0 bridgehead atoms. The summed E-state index contributed by atoms with van der Waals surface area (Å²) in [5, 5.41) is 3.26. The summed E-state index contributed by atoms with van der Waals surface area (Å²) in [7, 11) is 1.88. The van der Waals surface area contributed by atoms with Crippen molar-refractivity contribution >= 4 is 11.6 Å². The van der Waals surface area contributed by atoms with Gasteiger partial charge >= 0.3 is 0 Å². The largest absolute Gasteiger partial charge is 0.384 e. The number of aromatic nitrogens is 1. The molecule has 0 aromatic carbocycles. The fourth-order valence-electron chi connectivity index (χ4n) is 2.75. The molecule has 110 valence electrons. The van der Waals surface area contributed by atoms with E-state index in [9.17, 15) is 4.79 Å². The topological polar surface area (TPSA) is 45.2 Å². The maximum Gasteiger partial charge on any atom is 0.272 e. The average molecular weight is 275 g/mol. The van der Waals surface area contributed by atoms with Gasteiger partial charge in [0.25, 0.3) is 5.91 Å². The summed E-state index contributed by atoms with van der Waals surface area (Å²) in [5.41, 5.74) is 1.51. The van der Waals surface area contributed by atoms with E-state index in [-0.39, 0.29) is 5.91 Å². The zero-order valence-corrected chi connectivity index (χ0v) is 12.6. The van der Waals surface area contributed by atoms with Gasteiger partial charge in [0, 0.05) is 20.1 Å². The predicted octanol–water partition coefficient (Wildman–Crippen LogP) is 3.17. The van der Waals surface area contributed by atoms with Gasteiger partial charge in [-0.3, -0.25) is 4.79 Å². The van der Waals surface area contributed by atoms with Gasteiger partial charge in [-0.05, 0) is 37.3 Å². The SMILES string of the molecule is CCCNc1ccc(C(=O)N(C)CC2CCCC2)nc1. The second kappa shape index (κ2) is 7.27. The fraction of sp³-hybridized carbons (Fsp3) is 0.625. The highest BCUT2D eigenvalue weighted by molar-refractivity contribution is 5.92. The molecule has 1 amide bonds.